The van der Waals surface area contributed by atoms with Gasteiger partial charge in [0.05, 0.1) is 37.0 Å². The number of quaternary nitrogens is 1. The maximum Gasteiger partial charge on any atom is 0.296 e. The van der Waals surface area contributed by atoms with E-state index in [1.54, 1.807) is 7.11 Å². The van der Waals surface area contributed by atoms with Crippen molar-refractivity contribution < 1.29 is 18.0 Å². The summed E-state index contributed by atoms with van der Waals surface area (Å²) in [5.74, 6) is 0. The van der Waals surface area contributed by atoms with Crippen LogP contribution < -0.4 is 0 Å². The van der Waals surface area contributed by atoms with Gasteiger partial charge in [0.25, 0.3) is 6.23 Å². The Morgan fingerprint density at radius 2 is 0.792 bits per heavy atom. The molecule has 0 saturated carbocycles. The quantitative estimate of drug-likeness (QED) is 0.0154. The normalized spacial score (nSPS) is 13.9. The molecule has 0 aliphatic carbocycles. The highest BCUT2D eigenvalue weighted by Gasteiger charge is 2.39. The zero-order valence-electron chi connectivity index (χ0n) is 36.6. The fourth-order valence-corrected chi connectivity index (χ4v) is 6.87. The standard InChI is InChI=1S/C44H89BN3O2.CH3BrO/c1-6-10-12-14-16-18-20-22-24-26-28-30-32-34-36-38-40-46-49-43(8-3)44(48(5,9-4)42-45)50-47-41-39-37-35-33-31-29-27-25-23-21-19-17-15-13-11-7-2;1-3-2/h40-41,43-44H,6-39,42H2,1-5H3;1H3/q+1;/b46-40+,47-41+;. The second-order valence-electron chi connectivity index (χ2n) is 15.7. The Morgan fingerprint density at radius 1 is 0.509 bits per heavy atom. The predicted octanol–water partition coefficient (Wildman–Crippen LogP) is 15.2. The first kappa shape index (κ1) is 54.5. The molecule has 6 nitrogen and oxygen atoms in total. The van der Waals surface area contributed by atoms with Crippen LogP contribution in [0.3, 0.4) is 0 Å². The van der Waals surface area contributed by atoms with Crippen LogP contribution in [0.25, 0.3) is 0 Å². The van der Waals surface area contributed by atoms with E-state index in [4.69, 9.17) is 17.5 Å². The zero-order chi connectivity index (χ0) is 39.4. The zero-order valence-corrected chi connectivity index (χ0v) is 38.2. The summed E-state index contributed by atoms with van der Waals surface area (Å²) in [6.07, 6.45) is 48.2. The van der Waals surface area contributed by atoms with E-state index in [1.807, 2.05) is 12.4 Å². The molecule has 0 amide bonds. The van der Waals surface area contributed by atoms with Gasteiger partial charge in [-0.1, -0.05) is 211 Å². The Morgan fingerprint density at radius 3 is 1.06 bits per heavy atom. The molecule has 8 heteroatoms. The van der Waals surface area contributed by atoms with Crippen molar-refractivity contribution in [3.63, 3.8) is 0 Å². The second kappa shape index (κ2) is 45.8. The van der Waals surface area contributed by atoms with E-state index in [0.717, 1.165) is 25.8 Å². The maximum absolute atomic E-state index is 6.23. The molecule has 2 radical (unpaired) electrons. The highest BCUT2D eigenvalue weighted by Crippen LogP contribution is 2.21. The Bertz CT molecular complexity index is 742. The van der Waals surface area contributed by atoms with E-state index in [0.29, 0.717) is 10.9 Å². The van der Waals surface area contributed by atoms with Crippen molar-refractivity contribution in [3.05, 3.63) is 0 Å². The van der Waals surface area contributed by atoms with E-state index >= 15 is 0 Å². The molecule has 0 aliphatic rings. The van der Waals surface area contributed by atoms with E-state index < -0.39 is 0 Å². The third-order valence-electron chi connectivity index (χ3n) is 10.9. The molecule has 53 heavy (non-hydrogen) atoms. The first-order chi connectivity index (χ1) is 26.0. The minimum Gasteiger partial charge on any atom is -0.382 e. The fourth-order valence-electron chi connectivity index (χ4n) is 6.87. The number of unbranched alkanes of at least 4 members (excludes halogenated alkanes) is 30. The molecule has 314 valence electrons. The molecule has 0 saturated heterocycles. The van der Waals surface area contributed by atoms with Crippen LogP contribution in [0.4, 0.5) is 0 Å². The number of rotatable bonds is 41. The summed E-state index contributed by atoms with van der Waals surface area (Å²) in [6.45, 7) is 9.71. The minimum atomic E-state index is -0.282. The van der Waals surface area contributed by atoms with Crippen LogP contribution in [0.15, 0.2) is 10.3 Å². The lowest BCUT2D eigenvalue weighted by Gasteiger charge is -2.40. The third kappa shape index (κ3) is 38.1. The van der Waals surface area contributed by atoms with Crippen molar-refractivity contribution in [1.29, 1.82) is 0 Å². The van der Waals surface area contributed by atoms with Gasteiger partial charge in [0.1, 0.15) is 7.85 Å². The Labute approximate surface area is 342 Å². The van der Waals surface area contributed by atoms with Gasteiger partial charge in [0.15, 0.2) is 0 Å². The summed E-state index contributed by atoms with van der Waals surface area (Å²) in [5, 5.41) is 8.78. The summed E-state index contributed by atoms with van der Waals surface area (Å²) in [4.78, 5) is 12.1. The number of hydrogen-bond acceptors (Lipinski definition) is 5. The van der Waals surface area contributed by atoms with Gasteiger partial charge >= 0.3 is 0 Å². The minimum absolute atomic E-state index is 0.191. The molecule has 0 spiro atoms. The van der Waals surface area contributed by atoms with Crippen molar-refractivity contribution in [2.24, 2.45) is 10.3 Å². The maximum atomic E-state index is 6.23. The molecule has 0 aliphatic heterocycles. The number of likely N-dealkylation sites (N-methyl/N-ethyl adjacent to an activating group) is 1. The van der Waals surface area contributed by atoms with E-state index in [9.17, 15) is 0 Å². The first-order valence-corrected chi connectivity index (χ1v) is 23.7. The van der Waals surface area contributed by atoms with Crippen molar-refractivity contribution in [2.75, 3.05) is 27.1 Å². The van der Waals surface area contributed by atoms with Gasteiger partial charge in [-0.25, -0.2) is 0 Å². The van der Waals surface area contributed by atoms with Gasteiger partial charge in [0, 0.05) is 18.9 Å². The van der Waals surface area contributed by atoms with Crippen molar-refractivity contribution in [2.45, 2.75) is 252 Å². The average Bonchev–Trinajstić information content (AvgIpc) is 3.17. The number of hydrogen-bond donors (Lipinski definition) is 0. The van der Waals surface area contributed by atoms with Crippen LogP contribution in [-0.2, 0) is 13.5 Å². The molecule has 3 atom stereocenters. The number of halogens is 1. The smallest absolute Gasteiger partial charge is 0.296 e. The summed E-state index contributed by atoms with van der Waals surface area (Å²) in [6, 6.07) is 0. The summed E-state index contributed by atoms with van der Waals surface area (Å²) in [7, 11) is 9.89. The van der Waals surface area contributed by atoms with Gasteiger partial charge in [-0.15, -0.1) is 0 Å². The highest BCUT2D eigenvalue weighted by molar-refractivity contribution is 9.06. The fraction of sp³-hybridized carbons (Fsp3) is 0.956. The molecule has 0 fully saturated rings. The molecular weight excluding hydrogens is 721 g/mol. The van der Waals surface area contributed by atoms with E-state index in [1.165, 1.54) is 193 Å². The summed E-state index contributed by atoms with van der Waals surface area (Å²) >= 11 is 2.65. The van der Waals surface area contributed by atoms with Gasteiger partial charge in [-0.05, 0) is 39.0 Å². The van der Waals surface area contributed by atoms with Crippen LogP contribution in [-0.4, -0.2) is 64.2 Å². The van der Waals surface area contributed by atoms with Crippen LogP contribution in [0, 0.1) is 0 Å². The largest absolute Gasteiger partial charge is 0.382 e. The molecule has 0 bridgehead atoms. The van der Waals surface area contributed by atoms with E-state index in [-0.39, 0.29) is 12.3 Å². The van der Waals surface area contributed by atoms with Gasteiger partial charge in [0.2, 0.25) is 6.10 Å². The van der Waals surface area contributed by atoms with E-state index in [2.05, 4.69) is 65.1 Å². The third-order valence-corrected chi connectivity index (χ3v) is 10.9. The Kier molecular flexibility index (Phi) is 47.1. The van der Waals surface area contributed by atoms with Crippen LogP contribution in [0.2, 0.25) is 0 Å². The topological polar surface area (TPSA) is 52.4 Å². The molecule has 0 aromatic rings. The molecule has 0 rings (SSSR count). The highest BCUT2D eigenvalue weighted by atomic mass is 79.9. The van der Waals surface area contributed by atoms with Crippen molar-refractivity contribution in [3.8, 4) is 0 Å². The molecule has 0 aromatic heterocycles. The lowest BCUT2D eigenvalue weighted by Crippen LogP contribution is -2.58. The Balaban J connectivity index is 0. The lowest BCUT2D eigenvalue weighted by atomic mass is 10.0. The molecule has 0 heterocycles. The first-order valence-electron chi connectivity index (χ1n) is 23.0. The van der Waals surface area contributed by atoms with Crippen molar-refractivity contribution >= 4 is 36.5 Å². The van der Waals surface area contributed by atoms with Crippen molar-refractivity contribution in [1.82, 2.24) is 0 Å². The number of nitrogens with zero attached hydrogens (tertiary/aromatic N) is 3. The average molecular weight is 814 g/mol. The van der Waals surface area contributed by atoms with Gasteiger partial charge in [-0.2, -0.15) is 0 Å². The Hall–Kier alpha value is -0.595. The SMILES string of the molecule is COBr.[B]C[N+](C)(CC)C(O/N=C/CCCCCCCCCCCCCCCCC)C(CC)O/N=C/CCCCCCCCCCCCCCCCC. The van der Waals surface area contributed by atoms with Gasteiger partial charge in [-0.3, -0.25) is 4.48 Å². The monoisotopic (exact) mass is 813 g/mol. The molecule has 3 unspecified atom stereocenters. The van der Waals surface area contributed by atoms with Crippen LogP contribution >= 0.6 is 16.3 Å². The molecule has 0 aromatic carbocycles. The summed E-state index contributed by atoms with van der Waals surface area (Å²) < 4.78 is 4.61. The molecular formula is C45H92BBrN3O3+. The van der Waals surface area contributed by atoms with Crippen LogP contribution in [0.1, 0.15) is 240 Å². The lowest BCUT2D eigenvalue weighted by molar-refractivity contribution is -0.948. The van der Waals surface area contributed by atoms with Gasteiger partial charge < -0.3 is 13.5 Å². The number of oxime groups is 2. The summed E-state index contributed by atoms with van der Waals surface area (Å²) in [5.41, 5.74) is 0. The van der Waals surface area contributed by atoms with Crippen LogP contribution in [0.5, 0.6) is 0 Å². The molecule has 0 N–H and O–H groups in total. The second-order valence-corrected chi connectivity index (χ2v) is 16.4. The predicted molar refractivity (Wildman–Crippen MR) is 239 cm³/mol.